The van der Waals surface area contributed by atoms with E-state index in [0.29, 0.717) is 6.04 Å². The monoisotopic (exact) mass is 503 g/mol. The summed E-state index contributed by atoms with van der Waals surface area (Å²) in [7, 11) is 1.79. The molecule has 27 heavy (non-hydrogen) atoms. The molecular formula is C19H27FIN5S. The highest BCUT2D eigenvalue weighted by Crippen LogP contribution is 2.21. The van der Waals surface area contributed by atoms with Gasteiger partial charge in [-0.2, -0.15) is 0 Å². The fourth-order valence-corrected chi connectivity index (χ4v) is 4.12. The molecule has 5 nitrogen and oxygen atoms in total. The Kier molecular flexibility index (Phi) is 8.28. The molecule has 1 fully saturated rings. The first-order valence-corrected chi connectivity index (χ1v) is 9.77. The minimum Gasteiger partial charge on any atom is -0.371 e. The van der Waals surface area contributed by atoms with Gasteiger partial charge in [0, 0.05) is 36.7 Å². The second-order valence-electron chi connectivity index (χ2n) is 6.55. The Morgan fingerprint density at radius 1 is 1.33 bits per heavy atom. The molecule has 0 bridgehead atoms. The van der Waals surface area contributed by atoms with Gasteiger partial charge in [0.05, 0.1) is 17.2 Å². The van der Waals surface area contributed by atoms with Crippen LogP contribution in [-0.4, -0.2) is 37.1 Å². The molecule has 2 N–H and O–H groups in total. The van der Waals surface area contributed by atoms with E-state index in [9.17, 15) is 4.39 Å². The lowest BCUT2D eigenvalue weighted by atomic mass is 10.0. The van der Waals surface area contributed by atoms with Crippen LogP contribution in [-0.2, 0) is 6.54 Å². The first kappa shape index (κ1) is 21.9. The Labute approximate surface area is 181 Å². The number of aryl methyl sites for hydroxylation is 2. The van der Waals surface area contributed by atoms with Gasteiger partial charge < -0.3 is 15.5 Å². The summed E-state index contributed by atoms with van der Waals surface area (Å²) in [5.41, 5.74) is 2.04. The molecule has 1 aromatic heterocycles. The van der Waals surface area contributed by atoms with Crippen LogP contribution in [0.1, 0.15) is 28.4 Å². The second-order valence-corrected chi connectivity index (χ2v) is 7.84. The number of halogens is 2. The van der Waals surface area contributed by atoms with Crippen LogP contribution in [0.4, 0.5) is 10.1 Å². The number of hydrogen-bond acceptors (Lipinski definition) is 4. The number of piperidine rings is 1. The smallest absolute Gasteiger partial charge is 0.191 e. The highest BCUT2D eigenvalue weighted by molar-refractivity contribution is 14.0. The van der Waals surface area contributed by atoms with Gasteiger partial charge in [0.2, 0.25) is 0 Å². The van der Waals surface area contributed by atoms with E-state index in [-0.39, 0.29) is 29.8 Å². The number of hydrogen-bond donors (Lipinski definition) is 2. The van der Waals surface area contributed by atoms with Crippen molar-refractivity contribution < 1.29 is 4.39 Å². The topological polar surface area (TPSA) is 52.6 Å². The van der Waals surface area contributed by atoms with E-state index in [1.165, 1.54) is 10.9 Å². The van der Waals surface area contributed by atoms with E-state index in [2.05, 4.69) is 25.5 Å². The first-order valence-electron chi connectivity index (χ1n) is 8.95. The van der Waals surface area contributed by atoms with Crippen molar-refractivity contribution in [1.29, 1.82) is 0 Å². The summed E-state index contributed by atoms with van der Waals surface area (Å²) in [6.07, 6.45) is 1.99. The molecule has 2 heterocycles. The van der Waals surface area contributed by atoms with Crippen molar-refractivity contribution in [2.75, 3.05) is 25.0 Å². The molecule has 1 aliphatic rings. The molecular weight excluding hydrogens is 476 g/mol. The number of rotatable bonds is 4. The molecule has 0 spiro atoms. The summed E-state index contributed by atoms with van der Waals surface area (Å²) in [6, 6.07) is 7.20. The van der Waals surface area contributed by atoms with Gasteiger partial charge in [-0.1, -0.05) is 6.07 Å². The molecule has 1 aromatic carbocycles. The third-order valence-corrected chi connectivity index (χ3v) is 5.72. The molecule has 0 atom stereocenters. The molecule has 0 amide bonds. The number of nitrogens with one attached hydrogen (secondary N) is 2. The molecule has 1 saturated heterocycles. The van der Waals surface area contributed by atoms with E-state index in [1.807, 2.05) is 19.9 Å². The van der Waals surface area contributed by atoms with E-state index in [1.54, 1.807) is 30.5 Å². The van der Waals surface area contributed by atoms with Gasteiger partial charge in [0.1, 0.15) is 5.82 Å². The van der Waals surface area contributed by atoms with Crippen molar-refractivity contribution in [2.24, 2.45) is 4.99 Å². The van der Waals surface area contributed by atoms with Gasteiger partial charge in [-0.3, -0.25) is 4.99 Å². The van der Waals surface area contributed by atoms with Gasteiger partial charge in [-0.05, 0) is 44.9 Å². The number of aromatic nitrogens is 1. The maximum Gasteiger partial charge on any atom is 0.191 e. The number of thiazole rings is 1. The van der Waals surface area contributed by atoms with Crippen LogP contribution in [0.3, 0.4) is 0 Å². The summed E-state index contributed by atoms with van der Waals surface area (Å²) >= 11 is 1.72. The number of nitrogens with zero attached hydrogens (tertiary/aromatic N) is 3. The highest BCUT2D eigenvalue weighted by Gasteiger charge is 2.20. The van der Waals surface area contributed by atoms with Crippen LogP contribution in [0.2, 0.25) is 0 Å². The molecule has 0 saturated carbocycles. The zero-order chi connectivity index (χ0) is 18.5. The number of aliphatic imine (C=N–C) groups is 1. The number of anilines is 1. The fraction of sp³-hybridized carbons (Fsp3) is 0.474. The van der Waals surface area contributed by atoms with Crippen LogP contribution in [0.25, 0.3) is 0 Å². The molecule has 0 unspecified atom stereocenters. The highest BCUT2D eigenvalue weighted by atomic mass is 127. The largest absolute Gasteiger partial charge is 0.371 e. The van der Waals surface area contributed by atoms with Crippen LogP contribution in [0, 0.1) is 19.7 Å². The normalized spacial score (nSPS) is 15.4. The standard InChI is InChI=1S/C19H26FN5S.HI/c1-13-18(26-14(2)23-13)12-22-19(21-3)24-16-7-9-25(10-8-16)17-6-4-5-15(20)11-17;/h4-6,11,16H,7-10,12H2,1-3H3,(H2,21,22,24);1H. The van der Waals surface area contributed by atoms with Crippen molar-refractivity contribution in [2.45, 2.75) is 39.3 Å². The molecule has 2 aromatic rings. The summed E-state index contributed by atoms with van der Waals surface area (Å²) in [5.74, 6) is 0.639. The fourth-order valence-electron chi connectivity index (χ4n) is 3.24. The molecule has 1 aliphatic heterocycles. The van der Waals surface area contributed by atoms with Gasteiger partial charge in [-0.15, -0.1) is 35.3 Å². The Bertz CT molecular complexity index is 771. The van der Waals surface area contributed by atoms with Crippen molar-refractivity contribution in [3.8, 4) is 0 Å². The average molecular weight is 503 g/mol. The maximum atomic E-state index is 13.4. The van der Waals surface area contributed by atoms with Gasteiger partial charge in [-0.25, -0.2) is 9.37 Å². The van der Waals surface area contributed by atoms with E-state index < -0.39 is 0 Å². The summed E-state index contributed by atoms with van der Waals surface area (Å²) in [6.45, 7) is 6.62. The van der Waals surface area contributed by atoms with Gasteiger partial charge >= 0.3 is 0 Å². The van der Waals surface area contributed by atoms with Gasteiger partial charge in [0.15, 0.2) is 5.96 Å². The minimum atomic E-state index is -0.180. The summed E-state index contributed by atoms with van der Waals surface area (Å²) in [5, 5.41) is 7.98. The Morgan fingerprint density at radius 2 is 2.07 bits per heavy atom. The molecule has 3 rings (SSSR count). The average Bonchev–Trinajstić information content (AvgIpc) is 2.96. The summed E-state index contributed by atoms with van der Waals surface area (Å²) < 4.78 is 13.4. The predicted octanol–water partition coefficient (Wildman–Crippen LogP) is 3.85. The van der Waals surface area contributed by atoms with E-state index in [0.717, 1.165) is 54.8 Å². The van der Waals surface area contributed by atoms with Crippen LogP contribution < -0.4 is 15.5 Å². The molecule has 0 radical (unpaired) electrons. The molecule has 0 aliphatic carbocycles. The van der Waals surface area contributed by atoms with Crippen LogP contribution in [0.5, 0.6) is 0 Å². The lowest BCUT2D eigenvalue weighted by Gasteiger charge is -2.34. The van der Waals surface area contributed by atoms with Crippen LogP contribution in [0.15, 0.2) is 29.3 Å². The van der Waals surface area contributed by atoms with Gasteiger partial charge in [0.25, 0.3) is 0 Å². The third-order valence-electron chi connectivity index (χ3n) is 4.65. The SMILES string of the molecule is CN=C(NCc1sc(C)nc1C)NC1CCN(c2cccc(F)c2)CC1.I. The maximum absolute atomic E-state index is 13.4. The number of guanidine groups is 1. The van der Waals surface area contributed by atoms with Crippen molar-refractivity contribution >= 4 is 47.0 Å². The zero-order valence-corrected chi connectivity index (χ0v) is 19.1. The summed E-state index contributed by atoms with van der Waals surface area (Å²) in [4.78, 5) is 12.3. The predicted molar refractivity (Wildman–Crippen MR) is 122 cm³/mol. The van der Waals surface area contributed by atoms with Crippen molar-refractivity contribution in [3.63, 3.8) is 0 Å². The second kappa shape index (κ2) is 10.2. The number of benzene rings is 1. The van der Waals surface area contributed by atoms with Crippen molar-refractivity contribution in [3.05, 3.63) is 45.7 Å². The first-order chi connectivity index (χ1) is 12.5. The quantitative estimate of drug-likeness (QED) is 0.378. The lowest BCUT2D eigenvalue weighted by molar-refractivity contribution is 0.461. The Balaban J connectivity index is 0.00000261. The third kappa shape index (κ3) is 6.03. The van der Waals surface area contributed by atoms with Crippen LogP contribution >= 0.6 is 35.3 Å². The lowest BCUT2D eigenvalue weighted by Crippen LogP contribution is -2.48. The van der Waals surface area contributed by atoms with E-state index in [4.69, 9.17) is 0 Å². The van der Waals surface area contributed by atoms with Crippen molar-refractivity contribution in [1.82, 2.24) is 15.6 Å². The molecule has 8 heteroatoms. The van der Waals surface area contributed by atoms with E-state index >= 15 is 0 Å². The Hall–Kier alpha value is -1.42. The zero-order valence-electron chi connectivity index (χ0n) is 16.0. The molecule has 148 valence electrons. The minimum absolute atomic E-state index is 0. The Morgan fingerprint density at radius 3 is 2.67 bits per heavy atom.